The average Bonchev–Trinajstić information content (AvgIpc) is 3.02. The quantitative estimate of drug-likeness (QED) is 0.759. The van der Waals surface area contributed by atoms with Crippen LogP contribution in [0.1, 0.15) is 32.3 Å². The minimum Gasteiger partial charge on any atom is -0.368 e. The van der Waals surface area contributed by atoms with Crippen LogP contribution >= 0.6 is 0 Å². The fraction of sp³-hybridized carbons (Fsp3) is 0.300. The van der Waals surface area contributed by atoms with Crippen LogP contribution in [0.2, 0.25) is 0 Å². The van der Waals surface area contributed by atoms with Gasteiger partial charge in [0, 0.05) is 18.0 Å². The molecule has 2 N–H and O–H groups in total. The summed E-state index contributed by atoms with van der Waals surface area (Å²) in [6, 6.07) is 8.86. The minimum atomic E-state index is -0.777. The number of nitrogens with two attached hydrogens (primary N) is 1. The summed E-state index contributed by atoms with van der Waals surface area (Å²) in [6.45, 7) is 5.65. The summed E-state index contributed by atoms with van der Waals surface area (Å²) >= 11 is 0. The smallest absolute Gasteiger partial charge is 0.243 e. The number of carbonyl (C=O) groups excluding carboxylic acids is 1. The average molecular weight is 339 g/mol. The third-order valence-electron chi connectivity index (χ3n) is 5.12. The number of hydrogen-bond donors (Lipinski definition) is 1. The minimum absolute atomic E-state index is 0.231. The molecule has 1 amide bonds. The lowest BCUT2D eigenvalue weighted by Crippen LogP contribution is -2.45. The predicted octanol–water partition coefficient (Wildman–Crippen LogP) is 4.15. The molecule has 2 heterocycles. The van der Waals surface area contributed by atoms with E-state index in [1.54, 1.807) is 25.3 Å². The van der Waals surface area contributed by atoms with Gasteiger partial charge in [0.25, 0.3) is 0 Å². The van der Waals surface area contributed by atoms with Crippen molar-refractivity contribution in [2.75, 3.05) is 0 Å². The molecule has 2 aromatic heterocycles. The lowest BCUT2D eigenvalue weighted by atomic mass is 9.91. The molecule has 0 atom stereocenters. The van der Waals surface area contributed by atoms with E-state index in [0.29, 0.717) is 18.4 Å². The maximum Gasteiger partial charge on any atom is 0.243 e. The van der Waals surface area contributed by atoms with Crippen LogP contribution in [-0.2, 0) is 10.3 Å². The molecule has 3 aromatic rings. The Balaban J connectivity index is 2.20. The fourth-order valence-electron chi connectivity index (χ4n) is 3.42. The normalized spacial score (nSPS) is 11.8. The molecule has 0 saturated carbocycles. The lowest BCUT2D eigenvalue weighted by Gasteiger charge is -2.31. The van der Waals surface area contributed by atoms with Crippen molar-refractivity contribution < 1.29 is 9.18 Å². The molecule has 5 heteroatoms. The molecule has 130 valence electrons. The van der Waals surface area contributed by atoms with E-state index in [9.17, 15) is 9.18 Å². The van der Waals surface area contributed by atoms with E-state index in [1.165, 1.54) is 6.07 Å². The maximum absolute atomic E-state index is 13.5. The Labute approximate surface area is 146 Å². The fourth-order valence-corrected chi connectivity index (χ4v) is 3.42. The third-order valence-corrected chi connectivity index (χ3v) is 5.12. The van der Waals surface area contributed by atoms with Gasteiger partial charge in [0.2, 0.25) is 5.91 Å². The maximum atomic E-state index is 13.5. The van der Waals surface area contributed by atoms with Gasteiger partial charge in [-0.25, -0.2) is 4.39 Å². The van der Waals surface area contributed by atoms with E-state index in [4.69, 9.17) is 5.73 Å². The zero-order valence-corrected chi connectivity index (χ0v) is 14.7. The molecule has 4 nitrogen and oxygen atoms in total. The van der Waals surface area contributed by atoms with E-state index >= 15 is 0 Å². The van der Waals surface area contributed by atoms with Crippen molar-refractivity contribution in [3.63, 3.8) is 0 Å². The number of aryl methyl sites for hydroxylation is 1. The van der Waals surface area contributed by atoms with Crippen molar-refractivity contribution in [3.05, 3.63) is 54.1 Å². The first-order chi connectivity index (χ1) is 11.9. The number of primary amides is 1. The number of hydrogen-bond acceptors (Lipinski definition) is 2. The highest BCUT2D eigenvalue weighted by Gasteiger charge is 2.35. The number of nitrogens with zero attached hydrogens (tertiary/aromatic N) is 2. The van der Waals surface area contributed by atoms with Crippen molar-refractivity contribution in [2.45, 2.75) is 39.2 Å². The Morgan fingerprint density at radius 3 is 2.52 bits per heavy atom. The Morgan fingerprint density at radius 2 is 1.92 bits per heavy atom. The van der Waals surface area contributed by atoms with Gasteiger partial charge in [-0.05, 0) is 55.2 Å². The number of halogens is 1. The van der Waals surface area contributed by atoms with Gasteiger partial charge in [0.1, 0.15) is 11.4 Å². The highest BCUT2D eigenvalue weighted by molar-refractivity contribution is 5.88. The number of rotatable bonds is 5. The highest BCUT2D eigenvalue weighted by atomic mass is 19.1. The van der Waals surface area contributed by atoms with E-state index in [-0.39, 0.29) is 11.7 Å². The standard InChI is InChI=1S/C20H22FN3O/c1-4-20(5-2,19(22)25)24-9-8-17-18(24)11-15(12-23-17)14-6-7-16(21)13(3)10-14/h6-12H,4-5H2,1-3H3,(H2,22,25). The van der Waals surface area contributed by atoms with E-state index in [2.05, 4.69) is 4.98 Å². The zero-order chi connectivity index (χ0) is 18.2. The predicted molar refractivity (Wildman–Crippen MR) is 97.6 cm³/mol. The molecule has 1 aromatic carbocycles. The van der Waals surface area contributed by atoms with Crippen molar-refractivity contribution >= 4 is 16.9 Å². The number of fused-ring (bicyclic) bond motifs is 1. The van der Waals surface area contributed by atoms with E-state index < -0.39 is 5.54 Å². The van der Waals surface area contributed by atoms with Gasteiger partial charge in [0.05, 0.1) is 11.0 Å². The van der Waals surface area contributed by atoms with Gasteiger partial charge in [-0.2, -0.15) is 0 Å². The summed E-state index contributed by atoms with van der Waals surface area (Å²) in [7, 11) is 0. The number of aromatic nitrogens is 2. The van der Waals surface area contributed by atoms with Gasteiger partial charge < -0.3 is 10.3 Å². The van der Waals surface area contributed by atoms with Crippen molar-refractivity contribution in [1.29, 1.82) is 0 Å². The summed E-state index contributed by atoms with van der Waals surface area (Å²) in [5.74, 6) is -0.580. The summed E-state index contributed by atoms with van der Waals surface area (Å²) < 4.78 is 15.5. The van der Waals surface area contributed by atoms with Crippen LogP contribution in [0.4, 0.5) is 4.39 Å². The Hall–Kier alpha value is -2.69. The van der Waals surface area contributed by atoms with Crippen molar-refractivity contribution in [1.82, 2.24) is 9.55 Å². The van der Waals surface area contributed by atoms with E-state index in [0.717, 1.165) is 22.2 Å². The van der Waals surface area contributed by atoms with Crippen LogP contribution in [0.15, 0.2) is 42.7 Å². The Bertz CT molecular complexity index is 941. The van der Waals surface area contributed by atoms with Gasteiger partial charge in [0.15, 0.2) is 0 Å². The van der Waals surface area contributed by atoms with Crippen molar-refractivity contribution in [2.24, 2.45) is 5.73 Å². The number of amides is 1. The Morgan fingerprint density at radius 1 is 1.20 bits per heavy atom. The van der Waals surface area contributed by atoms with Gasteiger partial charge >= 0.3 is 0 Å². The first-order valence-electron chi connectivity index (χ1n) is 8.47. The summed E-state index contributed by atoms with van der Waals surface area (Å²) in [4.78, 5) is 16.7. The van der Waals surface area contributed by atoms with Crippen LogP contribution in [-0.4, -0.2) is 15.5 Å². The number of carbonyl (C=O) groups is 1. The molecule has 0 bridgehead atoms. The van der Waals surface area contributed by atoms with Crippen LogP contribution in [0.25, 0.3) is 22.2 Å². The second-order valence-electron chi connectivity index (χ2n) is 6.38. The molecular formula is C20H22FN3O. The second-order valence-corrected chi connectivity index (χ2v) is 6.38. The summed E-state index contributed by atoms with van der Waals surface area (Å²) in [5.41, 5.74) is 8.96. The largest absolute Gasteiger partial charge is 0.368 e. The van der Waals surface area contributed by atoms with Crippen molar-refractivity contribution in [3.8, 4) is 11.1 Å². The first kappa shape index (κ1) is 17.1. The Kier molecular flexibility index (Phi) is 4.33. The molecule has 0 saturated heterocycles. The first-order valence-corrected chi connectivity index (χ1v) is 8.47. The van der Waals surface area contributed by atoms with Gasteiger partial charge in [-0.1, -0.05) is 19.9 Å². The van der Waals surface area contributed by atoms with Crippen LogP contribution in [0.5, 0.6) is 0 Å². The third kappa shape index (κ3) is 2.69. The van der Waals surface area contributed by atoms with Crippen LogP contribution < -0.4 is 5.73 Å². The lowest BCUT2D eigenvalue weighted by molar-refractivity contribution is -0.126. The number of benzene rings is 1. The van der Waals surface area contributed by atoms with E-state index in [1.807, 2.05) is 36.7 Å². The second kappa shape index (κ2) is 6.31. The molecule has 0 aliphatic rings. The number of pyridine rings is 1. The molecule has 0 aliphatic heterocycles. The molecule has 3 rings (SSSR count). The summed E-state index contributed by atoms with van der Waals surface area (Å²) in [6.07, 6.45) is 4.84. The van der Waals surface area contributed by atoms with Crippen LogP contribution in [0.3, 0.4) is 0 Å². The topological polar surface area (TPSA) is 60.9 Å². The molecule has 0 spiro atoms. The van der Waals surface area contributed by atoms with Gasteiger partial charge in [-0.3, -0.25) is 9.78 Å². The SMILES string of the molecule is CCC(CC)(C(N)=O)n1ccc2ncc(-c3ccc(F)c(C)c3)cc21. The zero-order valence-electron chi connectivity index (χ0n) is 14.7. The molecular weight excluding hydrogens is 317 g/mol. The summed E-state index contributed by atoms with van der Waals surface area (Å²) in [5, 5.41) is 0. The molecule has 0 aliphatic carbocycles. The molecule has 0 fully saturated rings. The van der Waals surface area contributed by atoms with Gasteiger partial charge in [-0.15, -0.1) is 0 Å². The highest BCUT2D eigenvalue weighted by Crippen LogP contribution is 2.32. The molecule has 0 radical (unpaired) electrons. The molecule has 0 unspecified atom stereocenters. The monoisotopic (exact) mass is 339 g/mol. The van der Waals surface area contributed by atoms with Crippen LogP contribution in [0, 0.1) is 12.7 Å². The molecule has 25 heavy (non-hydrogen) atoms.